The van der Waals surface area contributed by atoms with E-state index in [1.165, 1.54) is 55.3 Å². The summed E-state index contributed by atoms with van der Waals surface area (Å²) in [6.45, 7) is 0. The molecule has 55 heavy (non-hydrogen) atoms. The smallest absolute Gasteiger partial charge is 0.136 e. The zero-order valence-corrected chi connectivity index (χ0v) is 30.1. The molecule has 0 N–H and O–H groups in total. The van der Waals surface area contributed by atoms with Gasteiger partial charge in [0, 0.05) is 27.8 Å². The molecule has 0 bridgehead atoms. The summed E-state index contributed by atoms with van der Waals surface area (Å²) in [5, 5.41) is 4.68. The van der Waals surface area contributed by atoms with Crippen molar-refractivity contribution < 1.29 is 4.42 Å². The highest BCUT2D eigenvalue weighted by Crippen LogP contribution is 2.56. The highest BCUT2D eigenvalue weighted by molar-refractivity contribution is 6.10. The zero-order chi connectivity index (χ0) is 36.3. The third kappa shape index (κ3) is 4.89. The molecule has 0 saturated heterocycles. The van der Waals surface area contributed by atoms with Crippen molar-refractivity contribution in [1.82, 2.24) is 0 Å². The molecule has 0 amide bonds. The number of furan rings is 1. The van der Waals surface area contributed by atoms with Gasteiger partial charge in [-0.05, 0) is 116 Å². The Morgan fingerprint density at radius 3 is 1.60 bits per heavy atom. The van der Waals surface area contributed by atoms with Gasteiger partial charge in [0.2, 0.25) is 0 Å². The fourth-order valence-electron chi connectivity index (χ4n) is 9.05. The largest absolute Gasteiger partial charge is 0.456 e. The van der Waals surface area contributed by atoms with E-state index >= 15 is 0 Å². The number of para-hydroxylation sites is 2. The van der Waals surface area contributed by atoms with Crippen molar-refractivity contribution in [2.45, 2.75) is 5.41 Å². The van der Waals surface area contributed by atoms with E-state index in [4.69, 9.17) is 4.42 Å². The molecular formula is C53H35NO. The maximum Gasteiger partial charge on any atom is 0.136 e. The molecule has 0 fully saturated rings. The van der Waals surface area contributed by atoms with E-state index in [2.05, 4.69) is 205 Å². The standard InChI is InChI=1S/C53H35NO/c1-3-13-40(14-4-1)53(49-20-10-7-17-45(49)46-18-8-11-21-50(46)53)41-27-31-44(32-28-41)54(42-15-5-2-6-16-42)43-29-25-36(26-30-43)37-23-24-38-34-48-47-19-9-12-22-51(47)55-52(48)35-39(38)33-37/h1-35H. The lowest BCUT2D eigenvalue weighted by Gasteiger charge is -2.34. The molecule has 1 aliphatic carbocycles. The first kappa shape index (κ1) is 31.4. The number of hydrogen-bond acceptors (Lipinski definition) is 2. The Morgan fingerprint density at radius 2 is 0.891 bits per heavy atom. The quantitative estimate of drug-likeness (QED) is 0.172. The number of fused-ring (bicyclic) bond motifs is 7. The average Bonchev–Trinajstić information content (AvgIpc) is 3.77. The van der Waals surface area contributed by atoms with Crippen molar-refractivity contribution in [3.05, 3.63) is 235 Å². The lowest BCUT2D eigenvalue weighted by molar-refractivity contribution is 0.669. The minimum atomic E-state index is -0.428. The van der Waals surface area contributed by atoms with Crippen LogP contribution in [0.5, 0.6) is 0 Å². The first-order chi connectivity index (χ1) is 27.3. The summed E-state index contributed by atoms with van der Waals surface area (Å²) in [5.41, 5.74) is 14.8. The summed E-state index contributed by atoms with van der Waals surface area (Å²) in [7, 11) is 0. The molecular weight excluding hydrogens is 667 g/mol. The lowest BCUT2D eigenvalue weighted by Crippen LogP contribution is -2.28. The normalized spacial score (nSPS) is 12.9. The van der Waals surface area contributed by atoms with Crippen molar-refractivity contribution >= 4 is 49.8 Å². The van der Waals surface area contributed by atoms with Crippen LogP contribution < -0.4 is 4.90 Å². The molecule has 11 rings (SSSR count). The van der Waals surface area contributed by atoms with E-state index in [-0.39, 0.29) is 0 Å². The molecule has 9 aromatic carbocycles. The Balaban J connectivity index is 0.991. The number of hydrogen-bond donors (Lipinski definition) is 0. The van der Waals surface area contributed by atoms with Crippen molar-refractivity contribution in [2.75, 3.05) is 4.90 Å². The molecule has 1 heterocycles. The molecule has 0 radical (unpaired) electrons. The van der Waals surface area contributed by atoms with E-state index in [0.717, 1.165) is 39.0 Å². The average molecular weight is 702 g/mol. The van der Waals surface area contributed by atoms with E-state index in [0.29, 0.717) is 0 Å². The molecule has 258 valence electrons. The van der Waals surface area contributed by atoms with Gasteiger partial charge in [-0.3, -0.25) is 0 Å². The van der Waals surface area contributed by atoms with Crippen LogP contribution >= 0.6 is 0 Å². The molecule has 0 saturated carbocycles. The minimum Gasteiger partial charge on any atom is -0.456 e. The van der Waals surface area contributed by atoms with E-state index < -0.39 is 5.41 Å². The van der Waals surface area contributed by atoms with Crippen molar-refractivity contribution in [3.63, 3.8) is 0 Å². The molecule has 1 aromatic heterocycles. The number of benzene rings is 9. The molecule has 0 aliphatic heterocycles. The summed E-state index contributed by atoms with van der Waals surface area (Å²) >= 11 is 0. The monoisotopic (exact) mass is 701 g/mol. The lowest BCUT2D eigenvalue weighted by atomic mass is 9.68. The van der Waals surface area contributed by atoms with Gasteiger partial charge in [0.15, 0.2) is 0 Å². The zero-order valence-electron chi connectivity index (χ0n) is 30.1. The number of anilines is 3. The Kier molecular flexibility index (Phi) is 7.11. The Morgan fingerprint density at radius 1 is 0.345 bits per heavy atom. The second-order valence-electron chi connectivity index (χ2n) is 14.5. The second-order valence-corrected chi connectivity index (χ2v) is 14.5. The SMILES string of the molecule is c1ccc(N(c2ccc(-c3ccc4cc5c(cc4c3)oc3ccccc35)cc2)c2ccc(C3(c4ccccc4)c4ccccc4-c4ccccc43)cc2)cc1. The first-order valence-electron chi connectivity index (χ1n) is 18.9. The molecule has 0 atom stereocenters. The molecule has 1 aliphatic rings. The number of nitrogens with zero attached hydrogens (tertiary/aromatic N) is 1. The second kappa shape index (κ2) is 12.5. The van der Waals surface area contributed by atoms with Crippen molar-refractivity contribution in [3.8, 4) is 22.3 Å². The maximum absolute atomic E-state index is 6.22. The van der Waals surface area contributed by atoms with Crippen LogP contribution in [0.3, 0.4) is 0 Å². The topological polar surface area (TPSA) is 16.4 Å². The Bertz CT molecular complexity index is 2970. The predicted molar refractivity (Wildman–Crippen MR) is 229 cm³/mol. The third-order valence-electron chi connectivity index (χ3n) is 11.5. The minimum absolute atomic E-state index is 0.428. The summed E-state index contributed by atoms with van der Waals surface area (Å²) in [4.78, 5) is 2.35. The van der Waals surface area contributed by atoms with Crippen LogP contribution in [-0.4, -0.2) is 0 Å². The van der Waals surface area contributed by atoms with Gasteiger partial charge in [0.25, 0.3) is 0 Å². The van der Waals surface area contributed by atoms with E-state index in [1.807, 2.05) is 12.1 Å². The highest BCUT2D eigenvalue weighted by Gasteiger charge is 2.45. The van der Waals surface area contributed by atoms with Crippen LogP contribution in [0.15, 0.2) is 217 Å². The van der Waals surface area contributed by atoms with Crippen LogP contribution in [0.4, 0.5) is 17.1 Å². The summed E-state index contributed by atoms with van der Waals surface area (Å²) < 4.78 is 6.22. The molecule has 2 heteroatoms. The molecule has 0 unspecified atom stereocenters. The fourth-order valence-corrected chi connectivity index (χ4v) is 9.05. The van der Waals surface area contributed by atoms with Crippen molar-refractivity contribution in [1.29, 1.82) is 0 Å². The molecule has 0 spiro atoms. The van der Waals surface area contributed by atoms with Gasteiger partial charge >= 0.3 is 0 Å². The van der Waals surface area contributed by atoms with Gasteiger partial charge in [-0.25, -0.2) is 0 Å². The van der Waals surface area contributed by atoms with Gasteiger partial charge in [-0.1, -0.05) is 152 Å². The van der Waals surface area contributed by atoms with Gasteiger partial charge in [0.05, 0.1) is 5.41 Å². The molecule has 2 nitrogen and oxygen atoms in total. The van der Waals surface area contributed by atoms with Crippen LogP contribution in [0.25, 0.3) is 55.0 Å². The van der Waals surface area contributed by atoms with Gasteiger partial charge in [-0.2, -0.15) is 0 Å². The Hall–Kier alpha value is -7.16. The third-order valence-corrected chi connectivity index (χ3v) is 11.5. The summed E-state index contributed by atoms with van der Waals surface area (Å²) in [5.74, 6) is 0. The van der Waals surface area contributed by atoms with Crippen LogP contribution in [0, 0.1) is 0 Å². The van der Waals surface area contributed by atoms with Crippen molar-refractivity contribution in [2.24, 2.45) is 0 Å². The fraction of sp³-hybridized carbons (Fsp3) is 0.0189. The maximum atomic E-state index is 6.22. The van der Waals surface area contributed by atoms with E-state index in [1.54, 1.807) is 0 Å². The van der Waals surface area contributed by atoms with Crippen LogP contribution in [0.1, 0.15) is 22.3 Å². The van der Waals surface area contributed by atoms with Crippen LogP contribution in [0.2, 0.25) is 0 Å². The van der Waals surface area contributed by atoms with Gasteiger partial charge in [-0.15, -0.1) is 0 Å². The highest BCUT2D eigenvalue weighted by atomic mass is 16.3. The Labute approximate surface area is 320 Å². The predicted octanol–water partition coefficient (Wildman–Crippen LogP) is 14.2. The first-order valence-corrected chi connectivity index (χ1v) is 18.9. The number of rotatable bonds is 6. The van der Waals surface area contributed by atoms with Gasteiger partial charge in [0.1, 0.15) is 11.2 Å². The van der Waals surface area contributed by atoms with E-state index in [9.17, 15) is 0 Å². The molecule has 10 aromatic rings. The summed E-state index contributed by atoms with van der Waals surface area (Å²) in [6.07, 6.45) is 0. The summed E-state index contributed by atoms with van der Waals surface area (Å²) in [6, 6.07) is 77.0. The van der Waals surface area contributed by atoms with Gasteiger partial charge < -0.3 is 9.32 Å². The van der Waals surface area contributed by atoms with Crippen LogP contribution in [-0.2, 0) is 5.41 Å².